The SMILES string of the molecule is CC(C)CC#CC1=C[C@H]2CC[C@H]3[C@@H]4CC[C@H]5C[C@H](O)CC[C@]5(C)[C@H]4CC[C@]23C1=O. The molecule has 0 saturated heterocycles. The van der Waals surface area contributed by atoms with Crippen molar-refractivity contribution in [2.24, 2.45) is 46.3 Å². The first-order valence-corrected chi connectivity index (χ1v) is 12.3. The first kappa shape index (κ1) is 19.9. The van der Waals surface area contributed by atoms with Gasteiger partial charge in [0.2, 0.25) is 0 Å². The Bertz CT molecular complexity index is 782. The van der Waals surface area contributed by atoms with Gasteiger partial charge in [0.15, 0.2) is 5.78 Å². The molecule has 0 aliphatic heterocycles. The Morgan fingerprint density at radius 3 is 2.72 bits per heavy atom. The minimum Gasteiger partial charge on any atom is -0.393 e. The zero-order chi connectivity index (χ0) is 20.4. The van der Waals surface area contributed by atoms with Crippen molar-refractivity contribution in [2.45, 2.75) is 91.1 Å². The Labute approximate surface area is 176 Å². The van der Waals surface area contributed by atoms with Crippen LogP contribution in [0.5, 0.6) is 0 Å². The highest BCUT2D eigenvalue weighted by Crippen LogP contribution is 2.69. The van der Waals surface area contributed by atoms with Crippen molar-refractivity contribution in [3.63, 3.8) is 0 Å². The number of hydrogen-bond donors (Lipinski definition) is 1. The summed E-state index contributed by atoms with van der Waals surface area (Å²) in [5.41, 5.74) is 1.12. The number of allylic oxidation sites excluding steroid dienone is 2. The van der Waals surface area contributed by atoms with Crippen LogP contribution in [0.1, 0.15) is 85.0 Å². The molecular weight excluding hydrogens is 356 g/mol. The van der Waals surface area contributed by atoms with Gasteiger partial charge in [0.1, 0.15) is 0 Å². The van der Waals surface area contributed by atoms with Crippen molar-refractivity contribution in [2.75, 3.05) is 0 Å². The van der Waals surface area contributed by atoms with E-state index >= 15 is 0 Å². The van der Waals surface area contributed by atoms with Crippen LogP contribution < -0.4 is 0 Å². The molecule has 0 unspecified atom stereocenters. The van der Waals surface area contributed by atoms with Crippen molar-refractivity contribution in [1.29, 1.82) is 0 Å². The third-order valence-corrected chi connectivity index (χ3v) is 9.98. The molecule has 2 nitrogen and oxygen atoms in total. The van der Waals surface area contributed by atoms with E-state index in [-0.39, 0.29) is 11.5 Å². The lowest BCUT2D eigenvalue weighted by molar-refractivity contribution is -0.148. The molecule has 0 aromatic carbocycles. The van der Waals surface area contributed by atoms with Crippen molar-refractivity contribution in [3.8, 4) is 11.8 Å². The Morgan fingerprint density at radius 2 is 1.93 bits per heavy atom. The number of rotatable bonds is 1. The van der Waals surface area contributed by atoms with Crippen LogP contribution in [0.2, 0.25) is 0 Å². The van der Waals surface area contributed by atoms with Crippen LogP contribution in [0, 0.1) is 58.2 Å². The van der Waals surface area contributed by atoms with E-state index in [9.17, 15) is 9.90 Å². The second-order valence-electron chi connectivity index (χ2n) is 11.7. The zero-order valence-electron chi connectivity index (χ0n) is 18.5. The van der Waals surface area contributed by atoms with Gasteiger partial charge >= 0.3 is 0 Å². The summed E-state index contributed by atoms with van der Waals surface area (Å²) in [5.74, 6) is 10.7. The van der Waals surface area contributed by atoms with Crippen molar-refractivity contribution in [3.05, 3.63) is 11.6 Å². The molecule has 8 atom stereocenters. The number of aliphatic hydroxyl groups is 1. The van der Waals surface area contributed by atoms with Crippen LogP contribution in [0.25, 0.3) is 0 Å². The van der Waals surface area contributed by atoms with Crippen LogP contribution in [0.3, 0.4) is 0 Å². The Hall–Kier alpha value is -1.07. The van der Waals surface area contributed by atoms with E-state index in [2.05, 4.69) is 38.7 Å². The molecule has 1 N–H and O–H groups in total. The third kappa shape index (κ3) is 2.83. The molecule has 0 radical (unpaired) electrons. The number of carbonyl (C=O) groups excluding carboxylic acids is 1. The first-order valence-electron chi connectivity index (χ1n) is 12.3. The fourth-order valence-corrected chi connectivity index (χ4v) is 8.61. The Morgan fingerprint density at radius 1 is 1.10 bits per heavy atom. The molecule has 0 bridgehead atoms. The monoisotopic (exact) mass is 394 g/mol. The van der Waals surface area contributed by atoms with Gasteiger partial charge in [0.05, 0.1) is 11.7 Å². The lowest BCUT2D eigenvalue weighted by Crippen LogP contribution is -2.55. The second kappa shape index (κ2) is 6.98. The molecule has 158 valence electrons. The molecule has 2 heteroatoms. The molecule has 5 rings (SSSR count). The average molecular weight is 395 g/mol. The van der Waals surface area contributed by atoms with Gasteiger partial charge in [-0.1, -0.05) is 38.7 Å². The number of carbonyl (C=O) groups is 1. The summed E-state index contributed by atoms with van der Waals surface area (Å²) >= 11 is 0. The molecule has 29 heavy (non-hydrogen) atoms. The number of aliphatic hydroxyl groups excluding tert-OH is 1. The van der Waals surface area contributed by atoms with Gasteiger partial charge in [-0.3, -0.25) is 4.79 Å². The highest BCUT2D eigenvalue weighted by Gasteiger charge is 2.65. The van der Waals surface area contributed by atoms with Gasteiger partial charge in [-0.15, -0.1) is 0 Å². The normalized spacial score (nSPS) is 48.2. The lowest BCUT2D eigenvalue weighted by atomic mass is 9.44. The number of fused-ring (bicyclic) bond motifs is 4. The van der Waals surface area contributed by atoms with E-state index in [1.165, 1.54) is 38.5 Å². The van der Waals surface area contributed by atoms with E-state index in [4.69, 9.17) is 0 Å². The Kier molecular flexibility index (Phi) is 4.78. The van der Waals surface area contributed by atoms with Gasteiger partial charge in [-0.05, 0) is 98.7 Å². The molecule has 0 aromatic rings. The maximum absolute atomic E-state index is 13.7. The maximum atomic E-state index is 13.7. The summed E-state index contributed by atoms with van der Waals surface area (Å²) in [5, 5.41) is 10.2. The quantitative estimate of drug-likeness (QED) is 0.593. The van der Waals surface area contributed by atoms with Crippen molar-refractivity contribution >= 4 is 5.78 Å². The summed E-state index contributed by atoms with van der Waals surface area (Å²) in [4.78, 5) is 13.7. The summed E-state index contributed by atoms with van der Waals surface area (Å²) in [6.45, 7) is 6.90. The third-order valence-electron chi connectivity index (χ3n) is 9.98. The highest BCUT2D eigenvalue weighted by molar-refractivity contribution is 6.07. The minimum atomic E-state index is -0.111. The number of Topliss-reactive ketones (excluding diaryl/α,β-unsaturated/α-hetero) is 1. The fourth-order valence-electron chi connectivity index (χ4n) is 8.61. The molecule has 1 spiro atoms. The molecule has 0 heterocycles. The predicted molar refractivity (Wildman–Crippen MR) is 116 cm³/mol. The van der Waals surface area contributed by atoms with Crippen molar-refractivity contribution in [1.82, 2.24) is 0 Å². The minimum absolute atomic E-state index is 0.0806. The van der Waals surface area contributed by atoms with Crippen LogP contribution in [0.15, 0.2) is 11.6 Å². The van der Waals surface area contributed by atoms with E-state index in [1.807, 2.05) is 0 Å². The summed E-state index contributed by atoms with van der Waals surface area (Å²) in [7, 11) is 0. The lowest BCUT2D eigenvalue weighted by Gasteiger charge is -2.60. The topological polar surface area (TPSA) is 37.3 Å². The molecule has 5 aliphatic carbocycles. The molecule has 0 aromatic heterocycles. The molecular formula is C27H38O2. The van der Waals surface area contributed by atoms with E-state index in [1.54, 1.807) is 0 Å². The molecule has 5 aliphatic rings. The van der Waals surface area contributed by atoms with Crippen LogP contribution in [-0.2, 0) is 4.79 Å². The van der Waals surface area contributed by atoms with Gasteiger partial charge < -0.3 is 5.11 Å². The average Bonchev–Trinajstić information content (AvgIpc) is 3.17. The predicted octanol–water partition coefficient (Wildman–Crippen LogP) is 5.54. The maximum Gasteiger partial charge on any atom is 0.177 e. The largest absolute Gasteiger partial charge is 0.393 e. The second-order valence-corrected chi connectivity index (χ2v) is 11.7. The summed E-state index contributed by atoms with van der Waals surface area (Å²) in [6.07, 6.45) is 13.5. The summed E-state index contributed by atoms with van der Waals surface area (Å²) < 4.78 is 0. The van der Waals surface area contributed by atoms with E-state index in [0.29, 0.717) is 40.8 Å². The number of ketones is 1. The van der Waals surface area contributed by atoms with Gasteiger partial charge in [-0.25, -0.2) is 0 Å². The van der Waals surface area contributed by atoms with Crippen LogP contribution in [0.4, 0.5) is 0 Å². The number of hydrogen-bond acceptors (Lipinski definition) is 2. The first-order chi connectivity index (χ1) is 13.9. The van der Waals surface area contributed by atoms with E-state index in [0.717, 1.165) is 37.2 Å². The standard InChI is InChI=1S/C27H38O2/c1-17(2)5-4-6-18-15-20-8-10-24-22-9-7-19-16-21(28)11-13-26(19,3)23(22)12-14-27(20,24)25(18)29/h15,17,19-24,28H,5,7-14,16H2,1-3H3/t19-,20+,21+,22+,23-,24-,26-,27-/m0/s1. The summed E-state index contributed by atoms with van der Waals surface area (Å²) in [6, 6.07) is 0. The van der Waals surface area contributed by atoms with Crippen LogP contribution in [-0.4, -0.2) is 17.0 Å². The molecule has 4 fully saturated rings. The van der Waals surface area contributed by atoms with Gasteiger partial charge in [-0.2, -0.15) is 0 Å². The Balaban J connectivity index is 1.41. The van der Waals surface area contributed by atoms with E-state index < -0.39 is 0 Å². The van der Waals surface area contributed by atoms with Crippen molar-refractivity contribution < 1.29 is 9.90 Å². The van der Waals surface area contributed by atoms with Gasteiger partial charge in [0, 0.05) is 11.8 Å². The molecule has 0 amide bonds. The fraction of sp³-hybridized carbons (Fsp3) is 0.815. The highest BCUT2D eigenvalue weighted by atomic mass is 16.3. The van der Waals surface area contributed by atoms with Crippen LogP contribution >= 0.6 is 0 Å². The molecule has 4 saturated carbocycles. The van der Waals surface area contributed by atoms with Gasteiger partial charge in [0.25, 0.3) is 0 Å². The zero-order valence-corrected chi connectivity index (χ0v) is 18.5. The smallest absolute Gasteiger partial charge is 0.177 e.